The van der Waals surface area contributed by atoms with Gasteiger partial charge >= 0.3 is 0 Å². The van der Waals surface area contributed by atoms with Gasteiger partial charge in [0, 0.05) is 44.5 Å². The molecule has 0 aliphatic carbocycles. The molecule has 1 aromatic heterocycles. The predicted molar refractivity (Wildman–Crippen MR) is 115 cm³/mol. The Morgan fingerprint density at radius 2 is 1.79 bits per heavy atom. The van der Waals surface area contributed by atoms with Crippen LogP contribution in [0.4, 0.5) is 11.4 Å². The van der Waals surface area contributed by atoms with E-state index in [0.717, 1.165) is 16.3 Å². The molecule has 2 aromatic rings. The maximum absolute atomic E-state index is 12.7. The van der Waals surface area contributed by atoms with Crippen molar-refractivity contribution in [3.63, 3.8) is 0 Å². The van der Waals surface area contributed by atoms with E-state index in [-0.39, 0.29) is 11.4 Å². The summed E-state index contributed by atoms with van der Waals surface area (Å²) in [4.78, 5) is 26.5. The molecule has 0 radical (unpaired) electrons. The Morgan fingerprint density at radius 3 is 2.38 bits per heavy atom. The Kier molecular flexibility index (Phi) is 7.45. The summed E-state index contributed by atoms with van der Waals surface area (Å²) in [6, 6.07) is 7.48. The van der Waals surface area contributed by atoms with Gasteiger partial charge in [-0.15, -0.1) is 0 Å². The van der Waals surface area contributed by atoms with E-state index in [9.17, 15) is 18.0 Å². The summed E-state index contributed by atoms with van der Waals surface area (Å²) in [5.41, 5.74) is 0.762. The molecule has 0 aliphatic heterocycles. The molecule has 29 heavy (non-hydrogen) atoms. The maximum Gasteiger partial charge on any atom is 0.251 e. The first-order chi connectivity index (χ1) is 13.6. The standard InChI is InChI=1S/C19H25ClN4O4S/c1-5-24(6-2)29(27,28)15-8-10-19(26)23(12-15)13-18(25)21-16-11-14(20)7-9-17(16)22(3)4/h7-12H,5-6,13H2,1-4H3,(H,21,25). The highest BCUT2D eigenvalue weighted by atomic mass is 35.5. The minimum atomic E-state index is -3.74. The van der Waals surface area contributed by atoms with E-state index in [1.807, 2.05) is 19.0 Å². The largest absolute Gasteiger partial charge is 0.376 e. The minimum absolute atomic E-state index is 0.0367. The minimum Gasteiger partial charge on any atom is -0.376 e. The molecule has 2 rings (SSSR count). The van der Waals surface area contributed by atoms with E-state index in [0.29, 0.717) is 23.8 Å². The molecule has 0 saturated heterocycles. The van der Waals surface area contributed by atoms with Gasteiger partial charge in [0.15, 0.2) is 0 Å². The molecule has 10 heteroatoms. The summed E-state index contributed by atoms with van der Waals surface area (Å²) < 4.78 is 27.7. The average molecular weight is 441 g/mol. The monoisotopic (exact) mass is 440 g/mol. The number of amides is 1. The molecule has 0 unspecified atom stereocenters. The number of sulfonamides is 1. The molecule has 1 aromatic carbocycles. The van der Waals surface area contributed by atoms with Gasteiger partial charge in [0.25, 0.3) is 5.56 Å². The second-order valence-electron chi connectivity index (χ2n) is 6.52. The van der Waals surface area contributed by atoms with Gasteiger partial charge in [-0.05, 0) is 24.3 Å². The van der Waals surface area contributed by atoms with Gasteiger partial charge in [-0.1, -0.05) is 25.4 Å². The van der Waals surface area contributed by atoms with Gasteiger partial charge in [0.1, 0.15) is 6.54 Å². The van der Waals surface area contributed by atoms with Crippen LogP contribution in [-0.2, 0) is 21.4 Å². The summed E-state index contributed by atoms with van der Waals surface area (Å²) in [5, 5.41) is 3.18. The highest BCUT2D eigenvalue weighted by Gasteiger charge is 2.22. The SMILES string of the molecule is CCN(CC)S(=O)(=O)c1ccc(=O)n(CC(=O)Nc2cc(Cl)ccc2N(C)C)c1. The molecule has 1 amide bonds. The quantitative estimate of drug-likeness (QED) is 0.679. The number of carbonyl (C=O) groups excluding carboxylic acids is 1. The van der Waals surface area contributed by atoms with Crippen LogP contribution in [0.15, 0.2) is 46.2 Å². The third kappa shape index (κ3) is 5.37. The molecule has 8 nitrogen and oxygen atoms in total. The molecular formula is C19H25ClN4O4S. The van der Waals surface area contributed by atoms with Gasteiger partial charge < -0.3 is 14.8 Å². The van der Waals surface area contributed by atoms with Crippen LogP contribution in [0.1, 0.15) is 13.8 Å². The van der Waals surface area contributed by atoms with Crippen LogP contribution >= 0.6 is 11.6 Å². The van der Waals surface area contributed by atoms with Crippen molar-refractivity contribution in [1.29, 1.82) is 0 Å². The number of rotatable bonds is 8. The highest BCUT2D eigenvalue weighted by Crippen LogP contribution is 2.27. The Labute approximate surface area is 175 Å². The van der Waals surface area contributed by atoms with E-state index in [4.69, 9.17) is 11.6 Å². The fourth-order valence-corrected chi connectivity index (χ4v) is 4.49. The Bertz CT molecular complexity index is 1050. The zero-order valence-electron chi connectivity index (χ0n) is 16.8. The fraction of sp³-hybridized carbons (Fsp3) is 0.368. The lowest BCUT2D eigenvalue weighted by atomic mass is 10.2. The molecule has 158 valence electrons. The number of hydrogen-bond acceptors (Lipinski definition) is 5. The third-order valence-corrected chi connectivity index (χ3v) is 6.60. The lowest BCUT2D eigenvalue weighted by Gasteiger charge is -2.19. The first-order valence-corrected chi connectivity index (χ1v) is 10.9. The lowest BCUT2D eigenvalue weighted by Crippen LogP contribution is -2.33. The lowest BCUT2D eigenvalue weighted by molar-refractivity contribution is -0.116. The van der Waals surface area contributed by atoms with Gasteiger partial charge in [0.2, 0.25) is 15.9 Å². The number of benzene rings is 1. The van der Waals surface area contributed by atoms with Gasteiger partial charge in [0.05, 0.1) is 16.3 Å². The highest BCUT2D eigenvalue weighted by molar-refractivity contribution is 7.89. The van der Waals surface area contributed by atoms with Crippen molar-refractivity contribution in [2.75, 3.05) is 37.4 Å². The first-order valence-electron chi connectivity index (χ1n) is 9.07. The number of halogens is 1. The number of anilines is 2. The van der Waals surface area contributed by atoms with Crippen LogP contribution in [0.3, 0.4) is 0 Å². The number of carbonyl (C=O) groups is 1. The van der Waals surface area contributed by atoms with Crippen molar-refractivity contribution >= 4 is 38.9 Å². The number of aromatic nitrogens is 1. The van der Waals surface area contributed by atoms with Gasteiger partial charge in [-0.2, -0.15) is 4.31 Å². The molecule has 1 N–H and O–H groups in total. The fourth-order valence-electron chi connectivity index (χ4n) is 2.84. The van der Waals surface area contributed by atoms with Crippen molar-refractivity contribution in [3.8, 4) is 0 Å². The molecule has 0 fully saturated rings. The Hall–Kier alpha value is -2.36. The zero-order valence-corrected chi connectivity index (χ0v) is 18.4. The van der Waals surface area contributed by atoms with E-state index < -0.39 is 21.5 Å². The van der Waals surface area contributed by atoms with Crippen LogP contribution in [-0.4, -0.2) is 50.4 Å². The topological polar surface area (TPSA) is 91.7 Å². The molecule has 0 spiro atoms. The molecule has 0 atom stereocenters. The van der Waals surface area contributed by atoms with Crippen molar-refractivity contribution in [3.05, 3.63) is 51.9 Å². The summed E-state index contributed by atoms with van der Waals surface area (Å²) >= 11 is 6.02. The number of nitrogens with one attached hydrogen (secondary N) is 1. The van der Waals surface area contributed by atoms with Crippen LogP contribution < -0.4 is 15.8 Å². The summed E-state index contributed by atoms with van der Waals surface area (Å²) in [5.74, 6) is -0.477. The molecule has 1 heterocycles. The smallest absolute Gasteiger partial charge is 0.251 e. The second-order valence-corrected chi connectivity index (χ2v) is 8.90. The van der Waals surface area contributed by atoms with E-state index in [2.05, 4.69) is 5.32 Å². The van der Waals surface area contributed by atoms with Crippen molar-refractivity contribution in [2.24, 2.45) is 0 Å². The predicted octanol–water partition coefficient (Wildman–Crippen LogP) is 2.24. The van der Waals surface area contributed by atoms with Crippen molar-refractivity contribution in [2.45, 2.75) is 25.3 Å². The van der Waals surface area contributed by atoms with Crippen molar-refractivity contribution < 1.29 is 13.2 Å². The number of pyridine rings is 1. The van der Waals surface area contributed by atoms with Gasteiger partial charge in [-0.25, -0.2) is 8.42 Å². The molecule has 0 aliphatic rings. The van der Waals surface area contributed by atoms with Crippen LogP contribution in [0.25, 0.3) is 0 Å². The molecule has 0 saturated carbocycles. The summed E-state index contributed by atoms with van der Waals surface area (Å²) in [7, 11) is -0.0922. The summed E-state index contributed by atoms with van der Waals surface area (Å²) in [6.45, 7) is 3.75. The van der Waals surface area contributed by atoms with Crippen LogP contribution in [0, 0.1) is 0 Å². The second kappa shape index (κ2) is 9.43. The van der Waals surface area contributed by atoms with E-state index >= 15 is 0 Å². The van der Waals surface area contributed by atoms with Crippen molar-refractivity contribution in [1.82, 2.24) is 8.87 Å². The van der Waals surface area contributed by atoms with E-state index in [1.54, 1.807) is 32.0 Å². The summed E-state index contributed by atoms with van der Waals surface area (Å²) in [6.07, 6.45) is 1.19. The molecular weight excluding hydrogens is 416 g/mol. The Morgan fingerprint density at radius 1 is 1.14 bits per heavy atom. The zero-order chi connectivity index (χ0) is 21.8. The number of nitrogens with zero attached hydrogens (tertiary/aromatic N) is 3. The van der Waals surface area contributed by atoms with Crippen LogP contribution in [0.2, 0.25) is 5.02 Å². The van der Waals surface area contributed by atoms with Crippen LogP contribution in [0.5, 0.6) is 0 Å². The average Bonchev–Trinajstić information content (AvgIpc) is 2.64. The van der Waals surface area contributed by atoms with Gasteiger partial charge in [-0.3, -0.25) is 9.59 Å². The number of hydrogen-bond donors (Lipinski definition) is 1. The third-order valence-electron chi connectivity index (χ3n) is 4.33. The molecule has 0 bridgehead atoms. The van der Waals surface area contributed by atoms with E-state index in [1.165, 1.54) is 16.6 Å². The Balaban J connectivity index is 2.30. The maximum atomic E-state index is 12.7. The normalized spacial score (nSPS) is 11.5. The first kappa shape index (κ1) is 22.9.